The second kappa shape index (κ2) is 12.8. The van der Waals surface area contributed by atoms with E-state index in [2.05, 4.69) is 182 Å². The molecular weight excluding hydrogens is 687 g/mol. The Morgan fingerprint density at radius 2 is 0.873 bits per heavy atom. The monoisotopic (exact) mass is 717 g/mol. The zero-order valence-electron chi connectivity index (χ0n) is 29.6. The minimum atomic E-state index is 0.644. The van der Waals surface area contributed by atoms with Crippen LogP contribution in [0.5, 0.6) is 0 Å². The maximum absolute atomic E-state index is 5.21. The number of thiophene rings is 1. The molecule has 0 aliphatic heterocycles. The molecule has 0 spiro atoms. The topological polar surface area (TPSA) is 38.7 Å². The lowest BCUT2D eigenvalue weighted by Crippen LogP contribution is -2.00. The smallest absolute Gasteiger partial charge is 0.165 e. The number of nitrogens with zero attached hydrogens (tertiary/aromatic N) is 3. The van der Waals surface area contributed by atoms with Crippen LogP contribution in [0.4, 0.5) is 0 Å². The molecule has 0 saturated carbocycles. The fourth-order valence-electron chi connectivity index (χ4n) is 8.04. The van der Waals surface area contributed by atoms with E-state index in [4.69, 9.17) is 15.0 Å². The molecule has 0 unspecified atom stereocenters. The highest BCUT2D eigenvalue weighted by Gasteiger charge is 2.18. The van der Waals surface area contributed by atoms with Crippen molar-refractivity contribution in [1.29, 1.82) is 0 Å². The van der Waals surface area contributed by atoms with Crippen molar-refractivity contribution in [2.24, 2.45) is 0 Å². The van der Waals surface area contributed by atoms with Gasteiger partial charge in [0.25, 0.3) is 0 Å². The number of rotatable bonds is 5. The van der Waals surface area contributed by atoms with Crippen LogP contribution in [-0.4, -0.2) is 15.0 Å². The lowest BCUT2D eigenvalue weighted by Gasteiger charge is -2.14. The SMILES string of the molecule is c1ccc(-c2ccc(-c3nc(-c4ccc(-c5c6ccccc6cc6c5ccc5ccccc56)cc4)nc(-c4cccc5c4sc4ccccc45)n3)cc2)cc1. The van der Waals surface area contributed by atoms with E-state index >= 15 is 0 Å². The molecule has 3 nitrogen and oxygen atoms in total. The first-order chi connectivity index (χ1) is 27.2. The maximum Gasteiger partial charge on any atom is 0.165 e. The summed E-state index contributed by atoms with van der Waals surface area (Å²) in [5.41, 5.74) is 7.61. The van der Waals surface area contributed by atoms with Crippen LogP contribution in [0.15, 0.2) is 188 Å². The summed E-state index contributed by atoms with van der Waals surface area (Å²) in [6, 6.07) is 66.9. The van der Waals surface area contributed by atoms with Crippen molar-refractivity contribution in [1.82, 2.24) is 15.0 Å². The van der Waals surface area contributed by atoms with Crippen LogP contribution in [-0.2, 0) is 0 Å². The van der Waals surface area contributed by atoms with E-state index in [9.17, 15) is 0 Å². The van der Waals surface area contributed by atoms with Crippen LogP contribution in [0.25, 0.3) is 109 Å². The fraction of sp³-hybridized carbons (Fsp3) is 0. The molecule has 11 aromatic rings. The average Bonchev–Trinajstić information content (AvgIpc) is 3.65. The summed E-state index contributed by atoms with van der Waals surface area (Å²) in [4.78, 5) is 15.5. The number of aromatic nitrogens is 3. The summed E-state index contributed by atoms with van der Waals surface area (Å²) >= 11 is 1.79. The van der Waals surface area contributed by atoms with E-state index in [1.807, 2.05) is 6.07 Å². The predicted octanol–water partition coefficient (Wildman–Crippen LogP) is 14.0. The van der Waals surface area contributed by atoms with Gasteiger partial charge in [0, 0.05) is 36.9 Å². The largest absolute Gasteiger partial charge is 0.208 e. The maximum atomic E-state index is 5.21. The zero-order valence-corrected chi connectivity index (χ0v) is 30.5. The Kier molecular flexibility index (Phi) is 7.35. The Balaban J connectivity index is 1.08. The molecule has 0 N–H and O–H groups in total. The van der Waals surface area contributed by atoms with Gasteiger partial charge >= 0.3 is 0 Å². The van der Waals surface area contributed by atoms with Gasteiger partial charge in [0.2, 0.25) is 0 Å². The van der Waals surface area contributed by atoms with Gasteiger partial charge in [-0.15, -0.1) is 11.3 Å². The highest BCUT2D eigenvalue weighted by Crippen LogP contribution is 2.41. The molecule has 4 heteroatoms. The lowest BCUT2D eigenvalue weighted by atomic mass is 9.89. The Hall–Kier alpha value is -7.01. The predicted molar refractivity (Wildman–Crippen MR) is 232 cm³/mol. The van der Waals surface area contributed by atoms with Gasteiger partial charge in [-0.3, -0.25) is 0 Å². The summed E-state index contributed by atoms with van der Waals surface area (Å²) < 4.78 is 2.43. The Morgan fingerprint density at radius 1 is 0.309 bits per heavy atom. The van der Waals surface area contributed by atoms with Gasteiger partial charge in [-0.1, -0.05) is 170 Å². The van der Waals surface area contributed by atoms with Crippen LogP contribution in [0.3, 0.4) is 0 Å². The van der Waals surface area contributed by atoms with Crippen molar-refractivity contribution in [3.05, 3.63) is 188 Å². The Labute approximate surface area is 321 Å². The molecule has 0 bridgehead atoms. The van der Waals surface area contributed by atoms with E-state index in [1.54, 1.807) is 11.3 Å². The minimum absolute atomic E-state index is 0.644. The summed E-state index contributed by atoms with van der Waals surface area (Å²) in [7, 11) is 0. The number of hydrogen-bond acceptors (Lipinski definition) is 4. The molecule has 0 radical (unpaired) electrons. The molecule has 2 aromatic heterocycles. The van der Waals surface area contributed by atoms with Crippen LogP contribution in [0.2, 0.25) is 0 Å². The average molecular weight is 718 g/mol. The Bertz CT molecular complexity index is 3240. The fourth-order valence-corrected chi connectivity index (χ4v) is 9.25. The molecule has 0 saturated heterocycles. The third kappa shape index (κ3) is 5.38. The van der Waals surface area contributed by atoms with Crippen LogP contribution in [0, 0.1) is 0 Å². The molecule has 0 aliphatic carbocycles. The first kappa shape index (κ1) is 31.5. The molecule has 9 aromatic carbocycles. The molecule has 2 heterocycles. The number of hydrogen-bond donors (Lipinski definition) is 0. The quantitative estimate of drug-likeness (QED) is 0.131. The van der Waals surface area contributed by atoms with Gasteiger partial charge in [-0.25, -0.2) is 15.0 Å². The van der Waals surface area contributed by atoms with Crippen molar-refractivity contribution >= 4 is 63.8 Å². The van der Waals surface area contributed by atoms with Gasteiger partial charge in [0.1, 0.15) is 0 Å². The van der Waals surface area contributed by atoms with Crippen molar-refractivity contribution in [3.8, 4) is 56.4 Å². The molecule has 0 fully saturated rings. The van der Waals surface area contributed by atoms with E-state index < -0.39 is 0 Å². The second-order valence-corrected chi connectivity index (χ2v) is 15.0. The summed E-state index contributed by atoms with van der Waals surface area (Å²) in [5.74, 6) is 1.96. The Morgan fingerprint density at radius 3 is 1.64 bits per heavy atom. The number of benzene rings is 9. The minimum Gasteiger partial charge on any atom is -0.208 e. The molecular formula is C51H31N3S. The van der Waals surface area contributed by atoms with Crippen LogP contribution < -0.4 is 0 Å². The number of fused-ring (bicyclic) bond motifs is 7. The molecule has 0 aliphatic rings. The van der Waals surface area contributed by atoms with E-state index in [-0.39, 0.29) is 0 Å². The molecule has 11 rings (SSSR count). The summed E-state index contributed by atoms with van der Waals surface area (Å²) in [5, 5.41) is 9.94. The normalized spacial score (nSPS) is 11.6. The van der Waals surface area contributed by atoms with E-state index in [0.29, 0.717) is 17.5 Å². The third-order valence-corrected chi connectivity index (χ3v) is 12.0. The third-order valence-electron chi connectivity index (χ3n) is 10.7. The second-order valence-electron chi connectivity index (χ2n) is 14.0. The lowest BCUT2D eigenvalue weighted by molar-refractivity contribution is 1.08. The van der Waals surface area contributed by atoms with Crippen molar-refractivity contribution in [3.63, 3.8) is 0 Å². The zero-order chi connectivity index (χ0) is 36.3. The van der Waals surface area contributed by atoms with Crippen molar-refractivity contribution in [2.45, 2.75) is 0 Å². The first-order valence-electron chi connectivity index (χ1n) is 18.5. The van der Waals surface area contributed by atoms with E-state index in [0.717, 1.165) is 27.8 Å². The van der Waals surface area contributed by atoms with Gasteiger partial charge < -0.3 is 0 Å². The van der Waals surface area contributed by atoms with Crippen LogP contribution >= 0.6 is 11.3 Å². The van der Waals surface area contributed by atoms with Crippen molar-refractivity contribution < 1.29 is 0 Å². The van der Waals surface area contributed by atoms with Crippen molar-refractivity contribution in [2.75, 3.05) is 0 Å². The molecule has 256 valence electrons. The van der Waals surface area contributed by atoms with Gasteiger partial charge in [0.15, 0.2) is 17.5 Å². The van der Waals surface area contributed by atoms with Gasteiger partial charge in [-0.05, 0) is 72.8 Å². The molecule has 0 atom stereocenters. The van der Waals surface area contributed by atoms with Crippen LogP contribution in [0.1, 0.15) is 0 Å². The highest BCUT2D eigenvalue weighted by molar-refractivity contribution is 7.26. The molecule has 55 heavy (non-hydrogen) atoms. The van der Waals surface area contributed by atoms with Gasteiger partial charge in [-0.2, -0.15) is 0 Å². The standard InChI is InChI=1S/C51H31N3S/c1-2-11-32(12-3-1)33-21-25-36(26-22-33)49-52-50(54-51(53-49)44-19-10-18-43-41-17-8-9-20-46(41)55-48(43)44)37-27-23-35(24-28-37)47-40-16-7-5-14-38(40)31-45-39-15-6-4-13-34(39)29-30-42(45)47/h1-31H. The first-order valence-corrected chi connectivity index (χ1v) is 19.3. The van der Waals surface area contributed by atoms with Gasteiger partial charge in [0.05, 0.1) is 0 Å². The summed E-state index contributed by atoms with van der Waals surface area (Å²) in [6.45, 7) is 0. The van der Waals surface area contributed by atoms with E-state index in [1.165, 1.54) is 63.6 Å². The highest BCUT2D eigenvalue weighted by atomic mass is 32.1. The molecule has 0 amide bonds. The summed E-state index contributed by atoms with van der Waals surface area (Å²) in [6.07, 6.45) is 0.